The third-order valence-electron chi connectivity index (χ3n) is 3.67. The maximum absolute atomic E-state index is 10.3. The third kappa shape index (κ3) is 1.27. The van der Waals surface area contributed by atoms with Crippen LogP contribution in [0.3, 0.4) is 0 Å². The fourth-order valence-electron chi connectivity index (χ4n) is 2.45. The standard InChI is InChI=1S/C10H19NO/c1-2-11-7-6-10(12,8-11)9-4-3-5-9/h9,12H,2-8H2,1H3. The van der Waals surface area contributed by atoms with Crippen LogP contribution in [0.5, 0.6) is 0 Å². The van der Waals surface area contributed by atoms with Crippen molar-refractivity contribution in [1.82, 2.24) is 4.90 Å². The zero-order valence-electron chi connectivity index (χ0n) is 7.92. The molecule has 0 aromatic heterocycles. The van der Waals surface area contributed by atoms with E-state index in [1.165, 1.54) is 19.3 Å². The van der Waals surface area contributed by atoms with E-state index in [0.717, 1.165) is 26.1 Å². The van der Waals surface area contributed by atoms with Crippen molar-refractivity contribution in [1.29, 1.82) is 0 Å². The molecule has 1 aliphatic heterocycles. The Bertz CT molecular complexity index is 167. The minimum atomic E-state index is -0.311. The van der Waals surface area contributed by atoms with E-state index < -0.39 is 0 Å². The summed E-state index contributed by atoms with van der Waals surface area (Å²) in [6, 6.07) is 0. The van der Waals surface area contributed by atoms with Gasteiger partial charge < -0.3 is 10.0 Å². The Balaban J connectivity index is 1.94. The fraction of sp³-hybridized carbons (Fsp3) is 1.00. The van der Waals surface area contributed by atoms with Crippen LogP contribution in [0.25, 0.3) is 0 Å². The van der Waals surface area contributed by atoms with E-state index in [0.29, 0.717) is 5.92 Å². The van der Waals surface area contributed by atoms with Crippen molar-refractivity contribution in [3.8, 4) is 0 Å². The summed E-state index contributed by atoms with van der Waals surface area (Å²) < 4.78 is 0. The Morgan fingerprint density at radius 3 is 2.67 bits per heavy atom. The van der Waals surface area contributed by atoms with Crippen LogP contribution < -0.4 is 0 Å². The second-order valence-corrected chi connectivity index (χ2v) is 4.35. The van der Waals surface area contributed by atoms with E-state index in [4.69, 9.17) is 0 Å². The molecule has 1 N–H and O–H groups in total. The van der Waals surface area contributed by atoms with Gasteiger partial charge >= 0.3 is 0 Å². The highest BCUT2D eigenvalue weighted by Gasteiger charge is 2.44. The number of hydrogen-bond acceptors (Lipinski definition) is 2. The predicted octanol–water partition coefficient (Wildman–Crippen LogP) is 1.24. The smallest absolute Gasteiger partial charge is 0.0814 e. The summed E-state index contributed by atoms with van der Waals surface area (Å²) in [5.41, 5.74) is -0.311. The number of rotatable bonds is 2. The molecule has 2 aliphatic rings. The first kappa shape index (κ1) is 8.52. The molecule has 2 heteroatoms. The minimum absolute atomic E-state index is 0.311. The van der Waals surface area contributed by atoms with E-state index in [9.17, 15) is 5.11 Å². The molecule has 1 saturated heterocycles. The van der Waals surface area contributed by atoms with Crippen molar-refractivity contribution in [3.05, 3.63) is 0 Å². The maximum Gasteiger partial charge on any atom is 0.0814 e. The number of hydrogen-bond donors (Lipinski definition) is 1. The third-order valence-corrected chi connectivity index (χ3v) is 3.67. The van der Waals surface area contributed by atoms with Gasteiger partial charge in [-0.25, -0.2) is 0 Å². The Kier molecular flexibility index (Phi) is 2.13. The Morgan fingerprint density at radius 2 is 2.25 bits per heavy atom. The van der Waals surface area contributed by atoms with E-state index in [1.807, 2.05) is 0 Å². The molecule has 2 rings (SSSR count). The Morgan fingerprint density at radius 1 is 1.50 bits per heavy atom. The molecule has 0 aromatic carbocycles. The van der Waals surface area contributed by atoms with Crippen LogP contribution >= 0.6 is 0 Å². The first-order valence-electron chi connectivity index (χ1n) is 5.19. The number of likely N-dealkylation sites (N-methyl/N-ethyl adjacent to an activating group) is 1. The lowest BCUT2D eigenvalue weighted by atomic mass is 9.72. The van der Waals surface area contributed by atoms with E-state index >= 15 is 0 Å². The van der Waals surface area contributed by atoms with Crippen molar-refractivity contribution in [2.45, 2.75) is 38.2 Å². The van der Waals surface area contributed by atoms with Crippen molar-refractivity contribution >= 4 is 0 Å². The van der Waals surface area contributed by atoms with Crippen molar-refractivity contribution in [2.24, 2.45) is 5.92 Å². The molecule has 0 spiro atoms. The molecule has 2 nitrogen and oxygen atoms in total. The molecule has 0 bridgehead atoms. The highest BCUT2D eigenvalue weighted by molar-refractivity contribution is 4.97. The zero-order valence-corrected chi connectivity index (χ0v) is 7.92. The normalized spacial score (nSPS) is 38.5. The largest absolute Gasteiger partial charge is 0.388 e. The predicted molar refractivity (Wildman–Crippen MR) is 49.0 cm³/mol. The van der Waals surface area contributed by atoms with Crippen LogP contribution in [0, 0.1) is 5.92 Å². The van der Waals surface area contributed by atoms with Gasteiger partial charge in [0.25, 0.3) is 0 Å². The monoisotopic (exact) mass is 169 g/mol. The average molecular weight is 169 g/mol. The first-order valence-corrected chi connectivity index (χ1v) is 5.19. The van der Waals surface area contributed by atoms with Gasteiger partial charge in [-0.2, -0.15) is 0 Å². The van der Waals surface area contributed by atoms with E-state index in [-0.39, 0.29) is 5.60 Å². The van der Waals surface area contributed by atoms with Gasteiger partial charge in [-0.1, -0.05) is 13.3 Å². The molecule has 1 atom stereocenters. The minimum Gasteiger partial charge on any atom is -0.388 e. The van der Waals surface area contributed by atoms with E-state index in [1.54, 1.807) is 0 Å². The van der Waals surface area contributed by atoms with Gasteiger partial charge in [0.15, 0.2) is 0 Å². The lowest BCUT2D eigenvalue weighted by Crippen LogP contribution is -2.44. The van der Waals surface area contributed by atoms with Crippen molar-refractivity contribution < 1.29 is 5.11 Å². The average Bonchev–Trinajstić information content (AvgIpc) is 2.28. The summed E-state index contributed by atoms with van der Waals surface area (Å²) in [4.78, 5) is 2.36. The lowest BCUT2D eigenvalue weighted by Gasteiger charge is -2.38. The van der Waals surface area contributed by atoms with Gasteiger partial charge in [-0.05, 0) is 31.7 Å². The van der Waals surface area contributed by atoms with Gasteiger partial charge in [0.2, 0.25) is 0 Å². The first-order chi connectivity index (χ1) is 5.74. The summed E-state index contributed by atoms with van der Waals surface area (Å²) in [6.45, 7) is 5.29. The van der Waals surface area contributed by atoms with E-state index in [2.05, 4.69) is 11.8 Å². The maximum atomic E-state index is 10.3. The fourth-order valence-corrected chi connectivity index (χ4v) is 2.45. The quantitative estimate of drug-likeness (QED) is 0.672. The number of β-amino-alcohol motifs (C(OH)–C–C–N with tert-alkyl or cyclic N) is 1. The highest BCUT2D eigenvalue weighted by atomic mass is 16.3. The van der Waals surface area contributed by atoms with Gasteiger partial charge in [0.05, 0.1) is 5.60 Å². The molecule has 1 aliphatic carbocycles. The molecule has 70 valence electrons. The molecular weight excluding hydrogens is 150 g/mol. The second-order valence-electron chi connectivity index (χ2n) is 4.35. The summed E-state index contributed by atoms with van der Waals surface area (Å²) in [5, 5.41) is 10.3. The van der Waals surface area contributed by atoms with Crippen LogP contribution in [-0.4, -0.2) is 35.2 Å². The molecule has 12 heavy (non-hydrogen) atoms. The molecule has 2 fully saturated rings. The zero-order chi connectivity index (χ0) is 8.60. The molecule has 1 saturated carbocycles. The van der Waals surface area contributed by atoms with Gasteiger partial charge in [-0.15, -0.1) is 0 Å². The van der Waals surface area contributed by atoms with Crippen LogP contribution in [0.15, 0.2) is 0 Å². The lowest BCUT2D eigenvalue weighted by molar-refractivity contribution is -0.0405. The second kappa shape index (κ2) is 3.00. The number of nitrogens with zero attached hydrogens (tertiary/aromatic N) is 1. The highest BCUT2D eigenvalue weighted by Crippen LogP contribution is 2.41. The Labute approximate surface area is 74.6 Å². The number of aliphatic hydroxyl groups is 1. The molecule has 0 aromatic rings. The van der Waals surface area contributed by atoms with Gasteiger partial charge in [-0.3, -0.25) is 0 Å². The SMILES string of the molecule is CCN1CCC(O)(C2CCC2)C1. The van der Waals surface area contributed by atoms with Gasteiger partial charge in [0.1, 0.15) is 0 Å². The number of likely N-dealkylation sites (tertiary alicyclic amines) is 1. The Hall–Kier alpha value is -0.0800. The topological polar surface area (TPSA) is 23.5 Å². The summed E-state index contributed by atoms with van der Waals surface area (Å²) in [5.74, 6) is 0.619. The van der Waals surface area contributed by atoms with Crippen LogP contribution in [0.1, 0.15) is 32.6 Å². The summed E-state index contributed by atoms with van der Waals surface area (Å²) >= 11 is 0. The van der Waals surface area contributed by atoms with Crippen LogP contribution in [0.2, 0.25) is 0 Å². The van der Waals surface area contributed by atoms with Crippen LogP contribution in [0.4, 0.5) is 0 Å². The van der Waals surface area contributed by atoms with Crippen molar-refractivity contribution in [3.63, 3.8) is 0 Å². The molecule has 1 unspecified atom stereocenters. The summed E-state index contributed by atoms with van der Waals surface area (Å²) in [6.07, 6.45) is 4.85. The molecule has 0 amide bonds. The molecular formula is C10H19NO. The summed E-state index contributed by atoms with van der Waals surface area (Å²) in [7, 11) is 0. The van der Waals surface area contributed by atoms with Crippen LogP contribution in [-0.2, 0) is 0 Å². The van der Waals surface area contributed by atoms with Crippen molar-refractivity contribution in [2.75, 3.05) is 19.6 Å². The molecule has 0 radical (unpaired) electrons. The molecule has 1 heterocycles. The van der Waals surface area contributed by atoms with Gasteiger partial charge in [0, 0.05) is 13.1 Å².